The summed E-state index contributed by atoms with van der Waals surface area (Å²) < 4.78 is 23.7. The molecule has 1 aromatic heterocycles. The summed E-state index contributed by atoms with van der Waals surface area (Å²) in [5, 5.41) is 9.62. The Morgan fingerprint density at radius 2 is 1.95 bits per heavy atom. The summed E-state index contributed by atoms with van der Waals surface area (Å²) in [4.78, 5) is 23.3. The Morgan fingerprint density at radius 3 is 2.57 bits per heavy atom. The number of hydrogen-bond donors (Lipinski definition) is 1. The van der Waals surface area contributed by atoms with Crippen molar-refractivity contribution in [3.8, 4) is 0 Å². The largest absolute Gasteiger partial charge is 0.478 e. The van der Waals surface area contributed by atoms with Gasteiger partial charge >= 0.3 is 5.97 Å². The highest BCUT2D eigenvalue weighted by Crippen LogP contribution is 2.17. The lowest BCUT2D eigenvalue weighted by atomic mass is 10.1. The monoisotopic (exact) mass is 309 g/mol. The van der Waals surface area contributed by atoms with E-state index < -0.39 is 21.4 Å². The number of aromatic carboxylic acids is 1. The average molecular weight is 309 g/mol. The van der Waals surface area contributed by atoms with Crippen molar-refractivity contribution in [1.82, 2.24) is 4.57 Å². The highest BCUT2D eigenvalue weighted by molar-refractivity contribution is 7.90. The maximum absolute atomic E-state index is 12.1. The van der Waals surface area contributed by atoms with Crippen molar-refractivity contribution in [2.24, 2.45) is 0 Å². The van der Waals surface area contributed by atoms with E-state index in [-0.39, 0.29) is 17.9 Å². The predicted octanol–water partition coefficient (Wildman–Crippen LogP) is 1.13. The van der Waals surface area contributed by atoms with Crippen LogP contribution in [0.2, 0.25) is 0 Å². The number of aryl methyl sites for hydroxylation is 1. The van der Waals surface area contributed by atoms with Crippen LogP contribution in [0.25, 0.3) is 10.9 Å². The van der Waals surface area contributed by atoms with Crippen LogP contribution in [0.5, 0.6) is 0 Å². The standard InChI is InChI=1S/C14H15NO5S/c1-21(19,20)8-4-7-15-12-6-3-2-5-10(12)11(14(17)18)9-13(15)16/h2-3,5-6,9H,4,7-8H2,1H3,(H,17,18). The molecule has 7 heteroatoms. The fraction of sp³-hybridized carbons (Fsp3) is 0.286. The first-order valence-corrected chi connectivity index (χ1v) is 8.39. The second-order valence-corrected chi connectivity index (χ2v) is 7.11. The summed E-state index contributed by atoms with van der Waals surface area (Å²) in [7, 11) is -3.09. The molecule has 2 rings (SSSR count). The minimum atomic E-state index is -3.09. The lowest BCUT2D eigenvalue weighted by Gasteiger charge is -2.11. The molecule has 0 unspecified atom stereocenters. The molecule has 0 fully saturated rings. The third-order valence-electron chi connectivity index (χ3n) is 3.15. The number of carbonyl (C=O) groups is 1. The molecule has 21 heavy (non-hydrogen) atoms. The summed E-state index contributed by atoms with van der Waals surface area (Å²) in [6.07, 6.45) is 1.44. The molecule has 6 nitrogen and oxygen atoms in total. The molecule has 2 aromatic rings. The molecule has 1 N–H and O–H groups in total. The lowest BCUT2D eigenvalue weighted by molar-refractivity contribution is 0.0698. The molecule has 0 radical (unpaired) electrons. The topological polar surface area (TPSA) is 93.4 Å². The van der Waals surface area contributed by atoms with Gasteiger partial charge in [0.2, 0.25) is 0 Å². The first kappa shape index (κ1) is 15.2. The zero-order valence-electron chi connectivity index (χ0n) is 11.4. The maximum Gasteiger partial charge on any atom is 0.336 e. The maximum atomic E-state index is 12.1. The van der Waals surface area contributed by atoms with Gasteiger partial charge in [-0.15, -0.1) is 0 Å². The molecular weight excluding hydrogens is 294 g/mol. The van der Waals surface area contributed by atoms with Crippen LogP contribution in [0.1, 0.15) is 16.8 Å². The molecule has 112 valence electrons. The zero-order chi connectivity index (χ0) is 15.6. The van der Waals surface area contributed by atoms with Gasteiger partial charge in [0.25, 0.3) is 5.56 Å². The molecule has 0 amide bonds. The number of fused-ring (bicyclic) bond motifs is 1. The predicted molar refractivity (Wildman–Crippen MR) is 79.5 cm³/mol. The van der Waals surface area contributed by atoms with Crippen LogP contribution in [0.3, 0.4) is 0 Å². The minimum absolute atomic E-state index is 0.0194. The number of benzene rings is 1. The Balaban J connectivity index is 2.50. The molecule has 0 aliphatic carbocycles. The number of pyridine rings is 1. The molecule has 1 heterocycles. The highest BCUT2D eigenvalue weighted by Gasteiger charge is 2.13. The SMILES string of the molecule is CS(=O)(=O)CCCn1c(=O)cc(C(=O)O)c2ccccc21. The van der Waals surface area contributed by atoms with Gasteiger partial charge in [0.05, 0.1) is 16.8 Å². The normalized spacial score (nSPS) is 11.7. The lowest BCUT2D eigenvalue weighted by Crippen LogP contribution is -2.23. The second-order valence-electron chi connectivity index (χ2n) is 4.85. The van der Waals surface area contributed by atoms with Gasteiger partial charge in [-0.2, -0.15) is 0 Å². The smallest absolute Gasteiger partial charge is 0.336 e. The van der Waals surface area contributed by atoms with Crippen molar-refractivity contribution in [2.45, 2.75) is 13.0 Å². The van der Waals surface area contributed by atoms with Gasteiger partial charge in [0.1, 0.15) is 9.84 Å². The van der Waals surface area contributed by atoms with Crippen LogP contribution in [0.15, 0.2) is 35.1 Å². The molecule has 0 aliphatic heterocycles. The van der Waals surface area contributed by atoms with Gasteiger partial charge in [-0.05, 0) is 12.5 Å². The number of carboxylic acid groups (broad SMARTS) is 1. The van der Waals surface area contributed by atoms with Crippen molar-refractivity contribution in [1.29, 1.82) is 0 Å². The molecule has 0 aliphatic rings. The number of aromatic nitrogens is 1. The fourth-order valence-corrected chi connectivity index (χ4v) is 2.88. The summed E-state index contributed by atoms with van der Waals surface area (Å²) in [6, 6.07) is 7.76. The highest BCUT2D eigenvalue weighted by atomic mass is 32.2. The molecule has 0 atom stereocenters. The van der Waals surface area contributed by atoms with Crippen LogP contribution in [0.4, 0.5) is 0 Å². The Morgan fingerprint density at radius 1 is 1.29 bits per heavy atom. The number of carboxylic acids is 1. The van der Waals surface area contributed by atoms with Gasteiger partial charge in [-0.3, -0.25) is 4.79 Å². The van der Waals surface area contributed by atoms with E-state index in [1.54, 1.807) is 24.3 Å². The van der Waals surface area contributed by atoms with Gasteiger partial charge in [-0.1, -0.05) is 18.2 Å². The molecule has 0 saturated carbocycles. The molecule has 1 aromatic carbocycles. The Labute approximate surface area is 121 Å². The van der Waals surface area contributed by atoms with Crippen molar-refractivity contribution in [3.05, 3.63) is 46.2 Å². The van der Waals surface area contributed by atoms with E-state index in [4.69, 9.17) is 5.11 Å². The third kappa shape index (κ3) is 3.49. The van der Waals surface area contributed by atoms with E-state index in [1.807, 2.05) is 0 Å². The van der Waals surface area contributed by atoms with E-state index in [0.717, 1.165) is 12.3 Å². The number of para-hydroxylation sites is 1. The van der Waals surface area contributed by atoms with Crippen molar-refractivity contribution < 1.29 is 18.3 Å². The van der Waals surface area contributed by atoms with Crippen LogP contribution in [-0.4, -0.2) is 36.1 Å². The van der Waals surface area contributed by atoms with Crippen LogP contribution < -0.4 is 5.56 Å². The molecular formula is C14H15NO5S. The van der Waals surface area contributed by atoms with Gasteiger partial charge in [0.15, 0.2) is 0 Å². The van der Waals surface area contributed by atoms with Gasteiger partial charge < -0.3 is 9.67 Å². The Bertz CT molecular complexity index is 851. The van der Waals surface area contributed by atoms with Gasteiger partial charge in [-0.25, -0.2) is 13.2 Å². The quantitative estimate of drug-likeness (QED) is 0.893. The number of sulfone groups is 1. The minimum Gasteiger partial charge on any atom is -0.478 e. The second kappa shape index (κ2) is 5.69. The number of hydrogen-bond acceptors (Lipinski definition) is 4. The van der Waals surface area contributed by atoms with Crippen molar-refractivity contribution in [2.75, 3.05) is 12.0 Å². The molecule has 0 saturated heterocycles. The Kier molecular flexibility index (Phi) is 4.13. The number of rotatable bonds is 5. The van der Waals surface area contributed by atoms with E-state index in [9.17, 15) is 18.0 Å². The van der Waals surface area contributed by atoms with Crippen LogP contribution >= 0.6 is 0 Å². The van der Waals surface area contributed by atoms with Gasteiger partial charge in [0, 0.05) is 24.3 Å². The first-order valence-electron chi connectivity index (χ1n) is 6.33. The molecule has 0 bridgehead atoms. The average Bonchev–Trinajstić information content (AvgIpc) is 2.39. The van der Waals surface area contributed by atoms with E-state index in [1.165, 1.54) is 4.57 Å². The molecule has 0 spiro atoms. The summed E-state index contributed by atoms with van der Waals surface area (Å²) in [6.45, 7) is 0.228. The van der Waals surface area contributed by atoms with E-state index in [0.29, 0.717) is 17.3 Å². The fourth-order valence-electron chi connectivity index (χ4n) is 2.23. The van der Waals surface area contributed by atoms with Crippen molar-refractivity contribution in [3.63, 3.8) is 0 Å². The Hall–Kier alpha value is -2.15. The first-order chi connectivity index (χ1) is 9.79. The summed E-state index contributed by atoms with van der Waals surface area (Å²) in [5.74, 6) is -1.18. The zero-order valence-corrected chi connectivity index (χ0v) is 12.3. The van der Waals surface area contributed by atoms with Crippen LogP contribution in [0, 0.1) is 0 Å². The summed E-state index contributed by atoms with van der Waals surface area (Å²) >= 11 is 0. The van der Waals surface area contributed by atoms with Crippen molar-refractivity contribution >= 4 is 26.7 Å². The number of nitrogens with zero attached hydrogens (tertiary/aromatic N) is 1. The van der Waals surface area contributed by atoms with Crippen LogP contribution in [-0.2, 0) is 16.4 Å². The van der Waals surface area contributed by atoms with E-state index in [2.05, 4.69) is 0 Å². The third-order valence-corrected chi connectivity index (χ3v) is 4.18. The summed E-state index contributed by atoms with van der Waals surface area (Å²) in [5.41, 5.74) is 0.00506. The van der Waals surface area contributed by atoms with E-state index >= 15 is 0 Å².